The number of alkyl halides is 3. The molecule has 0 saturated heterocycles. The third kappa shape index (κ3) is 5.17. The number of rotatable bonds is 4. The average Bonchev–Trinajstić information content (AvgIpc) is 3.03. The molecule has 4 fully saturated rings. The number of halogens is 3. The highest BCUT2D eigenvalue weighted by molar-refractivity contribution is 5.09. The summed E-state index contributed by atoms with van der Waals surface area (Å²) in [5, 5.41) is 10.4. The Morgan fingerprint density at radius 2 is 1.52 bits per heavy atom. The Balaban J connectivity index is 0.00000149. The van der Waals surface area contributed by atoms with Crippen LogP contribution in [0, 0.1) is 52.3 Å². The molecule has 0 bridgehead atoms. The van der Waals surface area contributed by atoms with Crippen molar-refractivity contribution in [1.29, 1.82) is 0 Å². The SMILES string of the molecule is CC.CC(CC[C@@H](C)C1CCC2C3CCC4CC(O)CCCC4(C)C3CCC21C)C(F)(F)F. The zero-order valence-electron chi connectivity index (χ0n) is 22.2. The smallest absolute Gasteiger partial charge is 0.391 e. The number of hydrogen-bond acceptors (Lipinski definition) is 1. The third-order valence-electron chi connectivity index (χ3n) is 11.2. The molecule has 0 aromatic heterocycles. The lowest BCUT2D eigenvalue weighted by Crippen LogP contribution is -2.52. The van der Waals surface area contributed by atoms with Gasteiger partial charge in [-0.05, 0) is 117 Å². The minimum absolute atomic E-state index is 0.104. The Morgan fingerprint density at radius 3 is 2.18 bits per heavy atom. The standard InChI is InChI=1S/C27H45F3O.C2H6/c1-17(7-8-18(2)27(28,29)30)22-11-12-23-21-10-9-19-16-20(31)6-5-14-25(19,3)24(21)13-15-26(22,23)4;1-2/h17-24,31H,5-16H2,1-4H3;1-2H3/t17-,18?,19?,20?,21?,22?,23?,24?,25?,26?;/m1./s1. The first-order valence-electron chi connectivity index (χ1n) is 14.2. The van der Waals surface area contributed by atoms with Crippen molar-refractivity contribution in [3.8, 4) is 0 Å². The molecule has 1 nitrogen and oxygen atoms in total. The molecule has 0 heterocycles. The van der Waals surface area contributed by atoms with Gasteiger partial charge in [0.25, 0.3) is 0 Å². The molecule has 4 aliphatic carbocycles. The van der Waals surface area contributed by atoms with E-state index in [9.17, 15) is 18.3 Å². The number of fused-ring (bicyclic) bond motifs is 5. The number of aliphatic hydroxyl groups excluding tert-OH is 1. The van der Waals surface area contributed by atoms with Gasteiger partial charge in [0, 0.05) is 0 Å². The molecule has 0 radical (unpaired) electrons. The molecule has 9 unspecified atom stereocenters. The van der Waals surface area contributed by atoms with Crippen LogP contribution < -0.4 is 0 Å². The maximum Gasteiger partial charge on any atom is 0.391 e. The Labute approximate surface area is 201 Å². The predicted molar refractivity (Wildman–Crippen MR) is 131 cm³/mol. The van der Waals surface area contributed by atoms with Gasteiger partial charge < -0.3 is 5.11 Å². The largest absolute Gasteiger partial charge is 0.393 e. The lowest BCUT2D eigenvalue weighted by Gasteiger charge is -2.59. The van der Waals surface area contributed by atoms with E-state index in [4.69, 9.17) is 0 Å². The van der Waals surface area contributed by atoms with Gasteiger partial charge >= 0.3 is 6.18 Å². The highest BCUT2D eigenvalue weighted by Crippen LogP contribution is 2.68. The molecule has 4 heteroatoms. The van der Waals surface area contributed by atoms with Crippen molar-refractivity contribution in [3.63, 3.8) is 0 Å². The Morgan fingerprint density at radius 1 is 0.848 bits per heavy atom. The van der Waals surface area contributed by atoms with Crippen LogP contribution >= 0.6 is 0 Å². The third-order valence-corrected chi connectivity index (χ3v) is 11.2. The molecule has 0 spiro atoms. The van der Waals surface area contributed by atoms with Crippen molar-refractivity contribution in [3.05, 3.63) is 0 Å². The lowest BCUT2D eigenvalue weighted by atomic mass is 9.46. The fourth-order valence-corrected chi connectivity index (χ4v) is 9.33. The summed E-state index contributed by atoms with van der Waals surface area (Å²) in [6.45, 7) is 12.6. The maximum absolute atomic E-state index is 13.0. The summed E-state index contributed by atoms with van der Waals surface area (Å²) in [6.07, 6.45) is 8.86. The van der Waals surface area contributed by atoms with Crippen molar-refractivity contribution < 1.29 is 18.3 Å². The van der Waals surface area contributed by atoms with Crippen molar-refractivity contribution in [2.75, 3.05) is 0 Å². The average molecular weight is 473 g/mol. The first kappa shape index (κ1) is 27.3. The van der Waals surface area contributed by atoms with Crippen molar-refractivity contribution in [2.24, 2.45) is 52.3 Å². The summed E-state index contributed by atoms with van der Waals surface area (Å²) in [5.74, 6) is 2.80. The molecule has 4 saturated carbocycles. The van der Waals surface area contributed by atoms with Gasteiger partial charge in [0.2, 0.25) is 0 Å². The fourth-order valence-electron chi connectivity index (χ4n) is 9.33. The lowest BCUT2D eigenvalue weighted by molar-refractivity contribution is -0.172. The van der Waals surface area contributed by atoms with Crippen LogP contribution in [0.4, 0.5) is 13.2 Å². The fraction of sp³-hybridized carbons (Fsp3) is 1.00. The first-order valence-corrected chi connectivity index (χ1v) is 14.2. The molecular formula is C29H51F3O. The monoisotopic (exact) mass is 472 g/mol. The van der Waals surface area contributed by atoms with Crippen LogP contribution in [-0.2, 0) is 0 Å². The van der Waals surface area contributed by atoms with Crippen molar-refractivity contribution in [1.82, 2.24) is 0 Å². The van der Waals surface area contributed by atoms with Gasteiger partial charge in [-0.15, -0.1) is 0 Å². The summed E-state index contributed by atoms with van der Waals surface area (Å²) >= 11 is 0. The topological polar surface area (TPSA) is 20.2 Å². The van der Waals surface area contributed by atoms with Crippen LogP contribution in [0.3, 0.4) is 0 Å². The highest BCUT2D eigenvalue weighted by atomic mass is 19.4. The van der Waals surface area contributed by atoms with Crippen LogP contribution in [0.2, 0.25) is 0 Å². The Kier molecular flexibility index (Phi) is 8.61. The van der Waals surface area contributed by atoms with E-state index in [2.05, 4.69) is 20.8 Å². The van der Waals surface area contributed by atoms with E-state index in [1.54, 1.807) is 0 Å². The van der Waals surface area contributed by atoms with Gasteiger partial charge in [-0.2, -0.15) is 13.2 Å². The van der Waals surface area contributed by atoms with Gasteiger partial charge in [0.15, 0.2) is 0 Å². The number of aliphatic hydroxyl groups is 1. The molecular weight excluding hydrogens is 421 g/mol. The van der Waals surface area contributed by atoms with Crippen LogP contribution in [-0.4, -0.2) is 17.4 Å². The molecule has 33 heavy (non-hydrogen) atoms. The minimum Gasteiger partial charge on any atom is -0.393 e. The van der Waals surface area contributed by atoms with Crippen LogP contribution in [0.15, 0.2) is 0 Å². The van der Waals surface area contributed by atoms with Gasteiger partial charge in [0.05, 0.1) is 12.0 Å². The molecule has 0 aromatic carbocycles. The quantitative estimate of drug-likeness (QED) is 0.433. The second kappa shape index (κ2) is 10.4. The normalized spacial score (nSPS) is 44.9. The van der Waals surface area contributed by atoms with Gasteiger partial charge in [-0.25, -0.2) is 0 Å². The van der Waals surface area contributed by atoms with E-state index in [1.165, 1.54) is 51.9 Å². The van der Waals surface area contributed by atoms with Crippen LogP contribution in [0.25, 0.3) is 0 Å². The summed E-state index contributed by atoms with van der Waals surface area (Å²) in [5.41, 5.74) is 0.697. The highest BCUT2D eigenvalue weighted by Gasteiger charge is 2.60. The second-order valence-electron chi connectivity index (χ2n) is 12.7. The van der Waals surface area contributed by atoms with E-state index in [-0.39, 0.29) is 12.5 Å². The van der Waals surface area contributed by atoms with Gasteiger partial charge in [-0.3, -0.25) is 0 Å². The molecule has 4 rings (SSSR count). The zero-order valence-corrected chi connectivity index (χ0v) is 22.2. The molecule has 194 valence electrons. The zero-order chi connectivity index (χ0) is 24.6. The van der Waals surface area contributed by atoms with Gasteiger partial charge in [0.1, 0.15) is 0 Å². The van der Waals surface area contributed by atoms with Crippen LogP contribution in [0.1, 0.15) is 119 Å². The van der Waals surface area contributed by atoms with E-state index in [0.717, 1.165) is 37.0 Å². The van der Waals surface area contributed by atoms with Crippen molar-refractivity contribution in [2.45, 2.75) is 131 Å². The van der Waals surface area contributed by atoms with Crippen LogP contribution in [0.5, 0.6) is 0 Å². The van der Waals surface area contributed by atoms with E-state index >= 15 is 0 Å². The van der Waals surface area contributed by atoms with Gasteiger partial charge in [-0.1, -0.05) is 48.0 Å². The first-order chi connectivity index (χ1) is 15.5. The second-order valence-corrected chi connectivity index (χ2v) is 12.7. The summed E-state index contributed by atoms with van der Waals surface area (Å²) in [6, 6.07) is 0. The maximum atomic E-state index is 13.0. The molecule has 0 aliphatic heterocycles. The molecule has 10 atom stereocenters. The Bertz CT molecular complexity index is 633. The molecule has 0 amide bonds. The summed E-state index contributed by atoms with van der Waals surface area (Å²) in [4.78, 5) is 0. The number of hydrogen-bond donors (Lipinski definition) is 1. The molecule has 4 aliphatic rings. The summed E-state index contributed by atoms with van der Waals surface area (Å²) < 4.78 is 39.0. The van der Waals surface area contributed by atoms with Crippen molar-refractivity contribution >= 4 is 0 Å². The molecule has 1 N–H and O–H groups in total. The van der Waals surface area contributed by atoms with E-state index in [0.29, 0.717) is 35.0 Å². The summed E-state index contributed by atoms with van der Waals surface area (Å²) in [7, 11) is 0. The molecule has 0 aromatic rings. The van der Waals surface area contributed by atoms with E-state index < -0.39 is 12.1 Å². The van der Waals surface area contributed by atoms with E-state index in [1.807, 2.05) is 13.8 Å². The Hall–Kier alpha value is -0.250. The predicted octanol–water partition coefficient (Wildman–Crippen LogP) is 9.04. The minimum atomic E-state index is -4.06.